The van der Waals surface area contributed by atoms with E-state index in [-0.39, 0.29) is 30.8 Å². The zero-order valence-corrected chi connectivity index (χ0v) is 14.9. The number of amides is 2. The van der Waals surface area contributed by atoms with Crippen LogP contribution in [0.2, 0.25) is 0 Å². The fourth-order valence-corrected chi connectivity index (χ4v) is 3.61. The Hall–Kier alpha value is -2.49. The Balaban J connectivity index is 1.13. The highest BCUT2D eigenvalue weighted by Crippen LogP contribution is 2.33. The van der Waals surface area contributed by atoms with E-state index in [1.807, 2.05) is 0 Å². The van der Waals surface area contributed by atoms with Crippen molar-refractivity contribution in [1.82, 2.24) is 10.2 Å². The highest BCUT2D eigenvalue weighted by atomic mass is 19.2. The lowest BCUT2D eigenvalue weighted by atomic mass is 9.83. The molecule has 2 aliphatic heterocycles. The summed E-state index contributed by atoms with van der Waals surface area (Å²) in [6, 6.07) is 1.28. The first-order valence-corrected chi connectivity index (χ1v) is 8.95. The topological polar surface area (TPSA) is 77.1 Å². The molecule has 7 nitrogen and oxygen atoms in total. The average Bonchev–Trinajstić information content (AvgIpc) is 2.97. The van der Waals surface area contributed by atoms with Crippen molar-refractivity contribution in [2.45, 2.75) is 31.1 Å². The van der Waals surface area contributed by atoms with Gasteiger partial charge in [-0.15, -0.1) is 0 Å². The standard InChI is InChI=1S/C18H19F3N2O5/c19-13-4-15(21)14(20)3-11(13)6-26-5-10-1-12(2-10)28-17(25)23-7-18(8-23)9-27-16(24)22-18/h3-4,10,12H,1-2,5-9H2,(H,22,24)/t10-,12+. The van der Waals surface area contributed by atoms with Gasteiger partial charge >= 0.3 is 12.2 Å². The molecule has 0 radical (unpaired) electrons. The third-order valence-corrected chi connectivity index (χ3v) is 5.25. The predicted molar refractivity (Wildman–Crippen MR) is 87.8 cm³/mol. The van der Waals surface area contributed by atoms with Crippen LogP contribution in [0.25, 0.3) is 0 Å². The Morgan fingerprint density at radius 1 is 1.21 bits per heavy atom. The molecule has 3 fully saturated rings. The normalized spacial score (nSPS) is 25.0. The van der Waals surface area contributed by atoms with E-state index in [0.29, 0.717) is 38.6 Å². The molecule has 2 amide bonds. The molecule has 1 spiro atoms. The maximum absolute atomic E-state index is 13.5. The largest absolute Gasteiger partial charge is 0.447 e. The van der Waals surface area contributed by atoms with E-state index in [4.69, 9.17) is 14.2 Å². The van der Waals surface area contributed by atoms with Gasteiger partial charge in [0.2, 0.25) is 0 Å². The molecule has 0 atom stereocenters. The van der Waals surface area contributed by atoms with Crippen LogP contribution < -0.4 is 5.32 Å². The van der Waals surface area contributed by atoms with Gasteiger partial charge < -0.3 is 24.4 Å². The van der Waals surface area contributed by atoms with Crippen molar-refractivity contribution in [1.29, 1.82) is 0 Å². The second kappa shape index (κ2) is 7.16. The minimum atomic E-state index is -1.24. The van der Waals surface area contributed by atoms with Gasteiger partial charge in [-0.2, -0.15) is 0 Å². The van der Waals surface area contributed by atoms with Gasteiger partial charge in [0.25, 0.3) is 0 Å². The second-order valence-corrected chi connectivity index (χ2v) is 7.55. The smallest absolute Gasteiger partial charge is 0.410 e. The van der Waals surface area contributed by atoms with E-state index in [1.165, 1.54) is 4.90 Å². The molecule has 152 valence electrons. The minimum Gasteiger partial charge on any atom is -0.447 e. The molecule has 3 aliphatic rings. The number of alkyl carbamates (subject to hydrolysis) is 1. The van der Waals surface area contributed by atoms with Gasteiger partial charge in [-0.1, -0.05) is 0 Å². The molecule has 0 unspecified atom stereocenters. The molecule has 28 heavy (non-hydrogen) atoms. The lowest BCUT2D eigenvalue weighted by molar-refractivity contribution is -0.0492. The van der Waals surface area contributed by atoms with Crippen LogP contribution in [0.15, 0.2) is 12.1 Å². The van der Waals surface area contributed by atoms with Crippen molar-refractivity contribution in [2.75, 3.05) is 26.3 Å². The maximum atomic E-state index is 13.5. The highest BCUT2D eigenvalue weighted by molar-refractivity contribution is 5.74. The average molecular weight is 400 g/mol. The number of nitrogens with one attached hydrogen (secondary N) is 1. The molecule has 10 heteroatoms. The summed E-state index contributed by atoms with van der Waals surface area (Å²) >= 11 is 0. The van der Waals surface area contributed by atoms with Crippen LogP contribution in [-0.4, -0.2) is 55.0 Å². The maximum Gasteiger partial charge on any atom is 0.410 e. The van der Waals surface area contributed by atoms with E-state index < -0.39 is 35.2 Å². The number of rotatable bonds is 5. The van der Waals surface area contributed by atoms with Crippen LogP contribution in [0.3, 0.4) is 0 Å². The number of ether oxygens (including phenoxy) is 3. The highest BCUT2D eigenvalue weighted by Gasteiger charge is 2.52. The molecule has 2 saturated heterocycles. The van der Waals surface area contributed by atoms with E-state index >= 15 is 0 Å². The number of carbonyl (C=O) groups excluding carboxylic acids is 2. The van der Waals surface area contributed by atoms with E-state index in [9.17, 15) is 22.8 Å². The summed E-state index contributed by atoms with van der Waals surface area (Å²) in [6.45, 7) is 1.11. The molecular formula is C18H19F3N2O5. The molecule has 0 bridgehead atoms. The Kier molecular flexibility index (Phi) is 4.82. The van der Waals surface area contributed by atoms with Crippen molar-refractivity contribution in [2.24, 2.45) is 5.92 Å². The van der Waals surface area contributed by atoms with Gasteiger partial charge in [0, 0.05) is 11.6 Å². The van der Waals surface area contributed by atoms with Crippen molar-refractivity contribution < 1.29 is 37.0 Å². The van der Waals surface area contributed by atoms with Crippen LogP contribution >= 0.6 is 0 Å². The lowest BCUT2D eigenvalue weighted by Gasteiger charge is -2.46. The summed E-state index contributed by atoms with van der Waals surface area (Å²) in [7, 11) is 0. The first kappa shape index (κ1) is 18.9. The van der Waals surface area contributed by atoms with Gasteiger partial charge in [0.1, 0.15) is 24.1 Å². The molecular weight excluding hydrogens is 381 g/mol. The number of benzene rings is 1. The Labute approximate surface area is 158 Å². The van der Waals surface area contributed by atoms with Gasteiger partial charge in [0.05, 0.1) is 26.3 Å². The second-order valence-electron chi connectivity index (χ2n) is 7.55. The first-order chi connectivity index (χ1) is 13.3. The van der Waals surface area contributed by atoms with Crippen molar-refractivity contribution >= 4 is 12.2 Å². The zero-order valence-electron chi connectivity index (χ0n) is 14.9. The molecule has 1 aromatic rings. The van der Waals surface area contributed by atoms with Crippen molar-refractivity contribution in [3.05, 3.63) is 35.1 Å². The van der Waals surface area contributed by atoms with Gasteiger partial charge in [-0.05, 0) is 24.8 Å². The first-order valence-electron chi connectivity index (χ1n) is 8.95. The molecule has 1 aromatic carbocycles. The summed E-state index contributed by atoms with van der Waals surface area (Å²) in [6.07, 6.45) is 0.112. The number of hydrogen-bond acceptors (Lipinski definition) is 5. The van der Waals surface area contributed by atoms with Crippen LogP contribution in [0.1, 0.15) is 18.4 Å². The minimum absolute atomic E-state index is 0.0455. The molecule has 1 aliphatic carbocycles. The fourth-order valence-electron chi connectivity index (χ4n) is 3.61. The zero-order chi connectivity index (χ0) is 19.9. The summed E-state index contributed by atoms with van der Waals surface area (Å²) in [5.41, 5.74) is -0.530. The van der Waals surface area contributed by atoms with Crippen molar-refractivity contribution in [3.63, 3.8) is 0 Å². The lowest BCUT2D eigenvalue weighted by Crippen LogP contribution is -2.70. The third kappa shape index (κ3) is 3.73. The summed E-state index contributed by atoms with van der Waals surface area (Å²) < 4.78 is 55.2. The number of halogens is 3. The number of likely N-dealkylation sites (tertiary alicyclic amines) is 1. The summed E-state index contributed by atoms with van der Waals surface area (Å²) in [5, 5.41) is 2.69. The van der Waals surface area contributed by atoms with Crippen LogP contribution in [0, 0.1) is 23.4 Å². The van der Waals surface area contributed by atoms with E-state index in [2.05, 4.69) is 5.32 Å². The number of nitrogens with zero attached hydrogens (tertiary/aromatic N) is 1. The van der Waals surface area contributed by atoms with Gasteiger partial charge in [0.15, 0.2) is 11.6 Å². The molecule has 1 N–H and O–H groups in total. The van der Waals surface area contributed by atoms with E-state index in [0.717, 1.165) is 6.07 Å². The molecule has 1 saturated carbocycles. The quantitative estimate of drug-likeness (QED) is 0.768. The SMILES string of the molecule is O=C1NC2(CO1)CN(C(=O)O[C@H]1C[C@@H](COCc3cc(F)c(F)cc3F)C1)C2. The Morgan fingerprint density at radius 2 is 1.93 bits per heavy atom. The molecule has 4 rings (SSSR count). The van der Waals surface area contributed by atoms with Crippen LogP contribution in [-0.2, 0) is 20.8 Å². The summed E-state index contributed by atoms with van der Waals surface area (Å²) in [4.78, 5) is 24.7. The fraction of sp³-hybridized carbons (Fsp3) is 0.556. The summed E-state index contributed by atoms with van der Waals surface area (Å²) in [5.74, 6) is -3.06. The van der Waals surface area contributed by atoms with Crippen molar-refractivity contribution in [3.8, 4) is 0 Å². The van der Waals surface area contributed by atoms with Gasteiger partial charge in [-0.3, -0.25) is 0 Å². The van der Waals surface area contributed by atoms with Crippen LogP contribution in [0.5, 0.6) is 0 Å². The number of hydrogen-bond donors (Lipinski definition) is 1. The van der Waals surface area contributed by atoms with E-state index in [1.54, 1.807) is 0 Å². The number of cyclic esters (lactones) is 1. The Bertz CT molecular complexity index is 794. The predicted octanol–water partition coefficient (Wildman–Crippen LogP) is 2.33. The molecule has 2 heterocycles. The van der Waals surface area contributed by atoms with Gasteiger partial charge in [-0.25, -0.2) is 22.8 Å². The monoisotopic (exact) mass is 400 g/mol. The third-order valence-electron chi connectivity index (χ3n) is 5.25. The van der Waals surface area contributed by atoms with Crippen LogP contribution in [0.4, 0.5) is 22.8 Å². The number of carbonyl (C=O) groups is 2. The molecule has 0 aromatic heterocycles. The Morgan fingerprint density at radius 3 is 2.61 bits per heavy atom.